The highest BCUT2D eigenvalue weighted by Crippen LogP contribution is 2.37. The lowest BCUT2D eigenvalue weighted by atomic mass is 10.1. The van der Waals surface area contributed by atoms with Crippen LogP contribution < -0.4 is 0 Å². The second kappa shape index (κ2) is 2.93. The fraction of sp³-hybridized carbons (Fsp3) is 1.00. The minimum absolute atomic E-state index is 0.159. The highest BCUT2D eigenvalue weighted by Gasteiger charge is 2.57. The number of rotatable bonds is 2. The van der Waals surface area contributed by atoms with Gasteiger partial charge in [0.2, 0.25) is 0 Å². The largest absolute Gasteiger partial charge is 0.394 e. The predicted octanol–water partition coefficient (Wildman–Crippen LogP) is -1.52. The van der Waals surface area contributed by atoms with Crippen molar-refractivity contribution in [1.82, 2.24) is 0 Å². The Bertz CT molecular complexity index is 173. The molecule has 70 valence electrons. The van der Waals surface area contributed by atoms with Crippen molar-refractivity contribution < 1.29 is 24.4 Å². The van der Waals surface area contributed by atoms with Gasteiger partial charge in [0.05, 0.1) is 6.61 Å². The van der Waals surface area contributed by atoms with Crippen molar-refractivity contribution in [2.75, 3.05) is 13.7 Å². The summed E-state index contributed by atoms with van der Waals surface area (Å²) in [4.78, 5) is 0. The highest BCUT2D eigenvalue weighted by molar-refractivity contribution is 5.00. The molecule has 12 heavy (non-hydrogen) atoms. The molecule has 2 saturated heterocycles. The van der Waals surface area contributed by atoms with Crippen LogP contribution in [0.2, 0.25) is 0 Å². The molecule has 2 fully saturated rings. The van der Waals surface area contributed by atoms with Crippen molar-refractivity contribution >= 4 is 0 Å². The normalized spacial score (nSPS) is 51.8. The smallest absolute Gasteiger partial charge is 0.186 e. The van der Waals surface area contributed by atoms with E-state index in [4.69, 9.17) is 19.3 Å². The van der Waals surface area contributed by atoms with Crippen LogP contribution in [0.15, 0.2) is 0 Å². The van der Waals surface area contributed by atoms with E-state index in [1.54, 1.807) is 0 Å². The molecule has 5 heteroatoms. The standard InChI is InChI=1S/C7H12O5/c1-10-7-6-5(12-6)4(9)3(2-8)11-7/h3-9H,2H2,1H3/t3?,4-,5-,6?,7+/m1/s1. The summed E-state index contributed by atoms with van der Waals surface area (Å²) < 4.78 is 15.3. The molecule has 0 bridgehead atoms. The second-order valence-corrected chi connectivity index (χ2v) is 3.02. The van der Waals surface area contributed by atoms with Gasteiger partial charge in [0.1, 0.15) is 24.4 Å². The number of epoxide rings is 1. The molecule has 0 aliphatic carbocycles. The van der Waals surface area contributed by atoms with Crippen LogP contribution >= 0.6 is 0 Å². The third kappa shape index (κ3) is 1.14. The van der Waals surface area contributed by atoms with Gasteiger partial charge in [-0.05, 0) is 0 Å². The third-order valence-electron chi connectivity index (χ3n) is 2.27. The van der Waals surface area contributed by atoms with Crippen molar-refractivity contribution in [2.45, 2.75) is 30.7 Å². The Kier molecular flexibility index (Phi) is 2.05. The molecule has 2 rings (SSSR count). The van der Waals surface area contributed by atoms with E-state index in [1.807, 2.05) is 0 Å². The molecule has 0 saturated carbocycles. The van der Waals surface area contributed by atoms with Crippen molar-refractivity contribution in [3.63, 3.8) is 0 Å². The van der Waals surface area contributed by atoms with Crippen LogP contribution in [0.1, 0.15) is 0 Å². The fourth-order valence-electron chi connectivity index (χ4n) is 1.51. The molecule has 0 spiro atoms. The van der Waals surface area contributed by atoms with E-state index in [9.17, 15) is 5.11 Å². The summed E-state index contributed by atoms with van der Waals surface area (Å²) in [6, 6.07) is 0. The van der Waals surface area contributed by atoms with Gasteiger partial charge in [0, 0.05) is 7.11 Å². The van der Waals surface area contributed by atoms with Gasteiger partial charge in [0.15, 0.2) is 6.29 Å². The van der Waals surface area contributed by atoms with Crippen molar-refractivity contribution in [2.24, 2.45) is 0 Å². The lowest BCUT2D eigenvalue weighted by Crippen LogP contribution is -2.47. The van der Waals surface area contributed by atoms with Gasteiger partial charge in [0.25, 0.3) is 0 Å². The van der Waals surface area contributed by atoms with E-state index in [1.165, 1.54) is 7.11 Å². The summed E-state index contributed by atoms with van der Waals surface area (Å²) in [5.74, 6) is 0. The Morgan fingerprint density at radius 2 is 2.08 bits per heavy atom. The number of aliphatic hydroxyl groups is 2. The van der Waals surface area contributed by atoms with E-state index in [2.05, 4.69) is 0 Å². The molecule has 2 aliphatic heterocycles. The van der Waals surface area contributed by atoms with E-state index in [-0.39, 0.29) is 18.8 Å². The average Bonchev–Trinajstić information content (AvgIpc) is 2.85. The number of aliphatic hydroxyl groups excluding tert-OH is 2. The maximum Gasteiger partial charge on any atom is 0.186 e. The van der Waals surface area contributed by atoms with Crippen LogP contribution in [-0.4, -0.2) is 54.6 Å². The summed E-state index contributed by atoms with van der Waals surface area (Å²) in [5, 5.41) is 18.2. The van der Waals surface area contributed by atoms with Gasteiger partial charge in [-0.15, -0.1) is 0 Å². The average molecular weight is 176 g/mol. The summed E-state index contributed by atoms with van der Waals surface area (Å²) in [6.45, 7) is -0.215. The van der Waals surface area contributed by atoms with E-state index in [0.717, 1.165) is 0 Å². The van der Waals surface area contributed by atoms with Crippen LogP contribution in [0, 0.1) is 0 Å². The molecule has 0 aromatic carbocycles. The molecule has 0 radical (unpaired) electrons. The quantitative estimate of drug-likeness (QED) is 0.500. The maximum absolute atomic E-state index is 9.43. The molecule has 2 unspecified atom stereocenters. The topological polar surface area (TPSA) is 71.5 Å². The Balaban J connectivity index is 2.01. The van der Waals surface area contributed by atoms with E-state index in [0.29, 0.717) is 0 Å². The van der Waals surface area contributed by atoms with Crippen molar-refractivity contribution in [3.05, 3.63) is 0 Å². The summed E-state index contributed by atoms with van der Waals surface area (Å²) >= 11 is 0. The first-order chi connectivity index (χ1) is 5.77. The van der Waals surface area contributed by atoms with Gasteiger partial charge < -0.3 is 24.4 Å². The zero-order valence-electron chi connectivity index (χ0n) is 6.71. The van der Waals surface area contributed by atoms with Crippen LogP contribution in [0.5, 0.6) is 0 Å². The summed E-state index contributed by atoms with van der Waals surface area (Å²) in [6.07, 6.45) is -2.14. The Hall–Kier alpha value is -0.200. The van der Waals surface area contributed by atoms with Crippen LogP contribution in [-0.2, 0) is 14.2 Å². The van der Waals surface area contributed by atoms with Crippen LogP contribution in [0.3, 0.4) is 0 Å². The highest BCUT2D eigenvalue weighted by atomic mass is 16.7. The Labute approximate surface area is 69.8 Å². The predicted molar refractivity (Wildman–Crippen MR) is 37.4 cm³/mol. The number of hydrogen-bond donors (Lipinski definition) is 2. The first-order valence-corrected chi connectivity index (χ1v) is 3.90. The zero-order valence-corrected chi connectivity index (χ0v) is 6.71. The number of ether oxygens (including phenoxy) is 3. The summed E-state index contributed by atoms with van der Waals surface area (Å²) in [5.41, 5.74) is 0. The molecule has 5 atom stereocenters. The van der Waals surface area contributed by atoms with E-state index < -0.39 is 18.5 Å². The molecule has 2 heterocycles. The van der Waals surface area contributed by atoms with Gasteiger partial charge in [-0.25, -0.2) is 0 Å². The van der Waals surface area contributed by atoms with Crippen LogP contribution in [0.25, 0.3) is 0 Å². The monoisotopic (exact) mass is 176 g/mol. The summed E-state index contributed by atoms with van der Waals surface area (Å²) in [7, 11) is 1.51. The fourth-order valence-corrected chi connectivity index (χ4v) is 1.51. The maximum atomic E-state index is 9.43. The number of fused-ring (bicyclic) bond motifs is 1. The molecule has 0 aromatic rings. The lowest BCUT2D eigenvalue weighted by molar-refractivity contribution is -0.207. The SMILES string of the molecule is CO[C@H]1OC(CO)[C@@H](O)[C@H]2OC12. The Morgan fingerprint density at radius 1 is 1.33 bits per heavy atom. The van der Waals surface area contributed by atoms with Gasteiger partial charge in [-0.1, -0.05) is 0 Å². The number of methoxy groups -OCH3 is 1. The second-order valence-electron chi connectivity index (χ2n) is 3.02. The number of hydrogen-bond acceptors (Lipinski definition) is 5. The van der Waals surface area contributed by atoms with E-state index >= 15 is 0 Å². The first kappa shape index (κ1) is 8.40. The molecular formula is C7H12O5. The minimum atomic E-state index is -0.730. The van der Waals surface area contributed by atoms with Crippen molar-refractivity contribution in [3.8, 4) is 0 Å². The third-order valence-corrected chi connectivity index (χ3v) is 2.27. The molecule has 5 nitrogen and oxygen atoms in total. The molecular weight excluding hydrogens is 164 g/mol. The van der Waals surface area contributed by atoms with Gasteiger partial charge >= 0.3 is 0 Å². The van der Waals surface area contributed by atoms with Crippen LogP contribution in [0.4, 0.5) is 0 Å². The molecule has 0 aromatic heterocycles. The molecule has 0 amide bonds. The molecule has 2 aliphatic rings. The van der Waals surface area contributed by atoms with Gasteiger partial charge in [-0.2, -0.15) is 0 Å². The van der Waals surface area contributed by atoms with Gasteiger partial charge in [-0.3, -0.25) is 0 Å². The van der Waals surface area contributed by atoms with Crippen molar-refractivity contribution in [1.29, 1.82) is 0 Å². The Morgan fingerprint density at radius 3 is 2.67 bits per heavy atom. The lowest BCUT2D eigenvalue weighted by Gasteiger charge is -2.28. The zero-order chi connectivity index (χ0) is 8.72. The minimum Gasteiger partial charge on any atom is -0.394 e. The molecule has 2 N–H and O–H groups in total. The first-order valence-electron chi connectivity index (χ1n) is 3.90.